The number of para-hydroxylation sites is 1. The lowest BCUT2D eigenvalue weighted by molar-refractivity contribution is 0.117. The quantitative estimate of drug-likeness (QED) is 0.823. The van der Waals surface area contributed by atoms with Gasteiger partial charge in [0.05, 0.1) is 5.02 Å². The number of anilines is 1. The summed E-state index contributed by atoms with van der Waals surface area (Å²) in [6, 6.07) is 15.0. The Morgan fingerprint density at radius 3 is 2.75 bits per heavy atom. The average Bonchev–Trinajstić information content (AvgIpc) is 2.44. The molecule has 5 heteroatoms. The largest absolute Gasteiger partial charge is 0.489 e. The van der Waals surface area contributed by atoms with E-state index in [2.05, 4.69) is 21.2 Å². The van der Waals surface area contributed by atoms with E-state index in [0.717, 1.165) is 10.2 Å². The topological polar surface area (TPSA) is 41.5 Å². The summed E-state index contributed by atoms with van der Waals surface area (Å²) in [6.07, 6.45) is -0.620. The molecule has 1 unspecified atom stereocenters. The third-order valence-electron chi connectivity index (χ3n) is 2.63. The van der Waals surface area contributed by atoms with Crippen molar-refractivity contribution in [2.45, 2.75) is 6.10 Å². The monoisotopic (exact) mass is 355 g/mol. The van der Waals surface area contributed by atoms with Crippen LogP contribution in [-0.2, 0) is 0 Å². The minimum Gasteiger partial charge on any atom is -0.489 e. The van der Waals surface area contributed by atoms with E-state index < -0.39 is 6.10 Å². The molecule has 3 nitrogen and oxygen atoms in total. The molecule has 0 bridgehead atoms. The highest BCUT2D eigenvalue weighted by Crippen LogP contribution is 2.23. The van der Waals surface area contributed by atoms with Gasteiger partial charge in [-0.25, -0.2) is 0 Å². The van der Waals surface area contributed by atoms with Crippen LogP contribution in [0.15, 0.2) is 53.0 Å². The third-order valence-corrected chi connectivity index (χ3v) is 3.44. The zero-order valence-corrected chi connectivity index (χ0v) is 13.1. The number of ether oxygens (including phenoxy) is 1. The van der Waals surface area contributed by atoms with Gasteiger partial charge in [-0.05, 0) is 30.3 Å². The first kappa shape index (κ1) is 15.2. The number of hydrogen-bond donors (Lipinski definition) is 2. The second-order valence-corrected chi connectivity index (χ2v) is 5.61. The first-order chi connectivity index (χ1) is 9.65. The van der Waals surface area contributed by atoms with Gasteiger partial charge in [-0.2, -0.15) is 0 Å². The highest BCUT2D eigenvalue weighted by Gasteiger charge is 2.07. The summed E-state index contributed by atoms with van der Waals surface area (Å²) in [4.78, 5) is 0. The van der Waals surface area contributed by atoms with Crippen molar-refractivity contribution < 1.29 is 9.84 Å². The van der Waals surface area contributed by atoms with Gasteiger partial charge in [-0.3, -0.25) is 0 Å². The molecule has 0 saturated heterocycles. The van der Waals surface area contributed by atoms with Crippen LogP contribution in [-0.4, -0.2) is 24.4 Å². The molecule has 2 aromatic carbocycles. The summed E-state index contributed by atoms with van der Waals surface area (Å²) in [6.45, 7) is 0.589. The van der Waals surface area contributed by atoms with Crippen LogP contribution in [0.4, 0.5) is 5.69 Å². The number of halogens is 2. The van der Waals surface area contributed by atoms with E-state index in [0.29, 0.717) is 17.3 Å². The van der Waals surface area contributed by atoms with E-state index in [1.165, 1.54) is 0 Å². The summed E-state index contributed by atoms with van der Waals surface area (Å²) in [5.41, 5.74) is 0.941. The lowest BCUT2D eigenvalue weighted by Gasteiger charge is -2.14. The molecule has 0 aromatic heterocycles. The van der Waals surface area contributed by atoms with Crippen molar-refractivity contribution in [2.24, 2.45) is 0 Å². The number of benzene rings is 2. The Labute approximate surface area is 131 Å². The Balaban J connectivity index is 1.78. The third kappa shape index (κ3) is 4.71. The fourth-order valence-corrected chi connectivity index (χ4v) is 2.23. The first-order valence-corrected chi connectivity index (χ1v) is 7.37. The molecule has 0 aliphatic rings. The highest BCUT2D eigenvalue weighted by molar-refractivity contribution is 9.10. The highest BCUT2D eigenvalue weighted by atomic mass is 79.9. The molecule has 0 fully saturated rings. The molecule has 106 valence electrons. The number of hydrogen-bond acceptors (Lipinski definition) is 3. The maximum atomic E-state index is 9.89. The molecular weight excluding hydrogens is 342 g/mol. The van der Waals surface area contributed by atoms with Gasteiger partial charge in [0, 0.05) is 16.7 Å². The molecule has 0 spiro atoms. The van der Waals surface area contributed by atoms with Gasteiger partial charge in [-0.1, -0.05) is 45.7 Å². The zero-order chi connectivity index (χ0) is 14.4. The Kier molecular flexibility index (Phi) is 5.71. The number of rotatable bonds is 6. The molecule has 0 aliphatic heterocycles. The van der Waals surface area contributed by atoms with Gasteiger partial charge in [-0.15, -0.1) is 0 Å². The van der Waals surface area contributed by atoms with Crippen LogP contribution in [0.2, 0.25) is 5.02 Å². The molecule has 0 saturated carbocycles. The summed E-state index contributed by atoms with van der Waals surface area (Å²) in [7, 11) is 0. The number of nitrogens with one attached hydrogen (secondary N) is 1. The second kappa shape index (κ2) is 7.53. The fraction of sp³-hybridized carbons (Fsp3) is 0.200. The van der Waals surface area contributed by atoms with Gasteiger partial charge in [0.2, 0.25) is 0 Å². The Morgan fingerprint density at radius 2 is 2.00 bits per heavy atom. The average molecular weight is 357 g/mol. The molecule has 0 heterocycles. The predicted molar refractivity (Wildman–Crippen MR) is 85.6 cm³/mol. The maximum absolute atomic E-state index is 9.89. The summed E-state index contributed by atoms with van der Waals surface area (Å²) in [5.74, 6) is 0.579. The van der Waals surface area contributed by atoms with Crippen LogP contribution >= 0.6 is 27.5 Å². The molecule has 2 N–H and O–H groups in total. The number of aliphatic hydroxyl groups is 1. The predicted octanol–water partition coefficient (Wildman–Crippen LogP) is 3.95. The van der Waals surface area contributed by atoms with Crippen molar-refractivity contribution in [2.75, 3.05) is 18.5 Å². The van der Waals surface area contributed by atoms with Crippen molar-refractivity contribution in [1.82, 2.24) is 0 Å². The van der Waals surface area contributed by atoms with Crippen molar-refractivity contribution >= 4 is 33.2 Å². The molecule has 20 heavy (non-hydrogen) atoms. The van der Waals surface area contributed by atoms with Gasteiger partial charge < -0.3 is 15.2 Å². The van der Waals surface area contributed by atoms with Gasteiger partial charge in [0.25, 0.3) is 0 Å². The van der Waals surface area contributed by atoms with Crippen LogP contribution in [0.25, 0.3) is 0 Å². The van der Waals surface area contributed by atoms with Crippen molar-refractivity contribution in [1.29, 1.82) is 0 Å². The van der Waals surface area contributed by atoms with Crippen molar-refractivity contribution in [3.8, 4) is 5.75 Å². The molecule has 2 aromatic rings. The zero-order valence-electron chi connectivity index (χ0n) is 10.7. The molecule has 1 atom stereocenters. The number of aliphatic hydroxyl groups excluding tert-OH is 1. The van der Waals surface area contributed by atoms with Crippen LogP contribution in [0.3, 0.4) is 0 Å². The van der Waals surface area contributed by atoms with E-state index in [4.69, 9.17) is 16.3 Å². The van der Waals surface area contributed by atoms with E-state index in [1.807, 2.05) is 36.4 Å². The lowest BCUT2D eigenvalue weighted by Crippen LogP contribution is -2.26. The van der Waals surface area contributed by atoms with E-state index in [9.17, 15) is 5.11 Å². The molecule has 0 aliphatic carbocycles. The normalized spacial score (nSPS) is 11.9. The Bertz CT molecular complexity index is 565. The van der Waals surface area contributed by atoms with Crippen LogP contribution < -0.4 is 10.1 Å². The van der Waals surface area contributed by atoms with Crippen LogP contribution in [0.5, 0.6) is 5.75 Å². The summed E-state index contributed by atoms with van der Waals surface area (Å²) >= 11 is 9.37. The lowest BCUT2D eigenvalue weighted by atomic mass is 10.3. The smallest absolute Gasteiger partial charge is 0.138 e. The second-order valence-electron chi connectivity index (χ2n) is 4.29. The summed E-state index contributed by atoms with van der Waals surface area (Å²) < 4.78 is 6.47. The minimum atomic E-state index is -0.620. The van der Waals surface area contributed by atoms with Gasteiger partial charge in [0.15, 0.2) is 0 Å². The standard InChI is InChI=1S/C15H15BrClNO2/c16-11-4-3-5-12(8-11)18-9-13(19)10-20-15-7-2-1-6-14(15)17/h1-8,13,18-19H,9-10H2. The van der Waals surface area contributed by atoms with Crippen molar-refractivity contribution in [3.05, 3.63) is 58.0 Å². The van der Waals surface area contributed by atoms with E-state index in [1.54, 1.807) is 12.1 Å². The summed E-state index contributed by atoms with van der Waals surface area (Å²) in [5, 5.41) is 13.6. The van der Waals surface area contributed by atoms with Crippen LogP contribution in [0.1, 0.15) is 0 Å². The van der Waals surface area contributed by atoms with Gasteiger partial charge >= 0.3 is 0 Å². The Hall–Kier alpha value is -1.23. The fourth-order valence-electron chi connectivity index (χ4n) is 1.64. The molecule has 0 amide bonds. The van der Waals surface area contributed by atoms with Gasteiger partial charge in [0.1, 0.15) is 18.5 Å². The van der Waals surface area contributed by atoms with Crippen LogP contribution in [0, 0.1) is 0 Å². The first-order valence-electron chi connectivity index (χ1n) is 6.20. The van der Waals surface area contributed by atoms with E-state index in [-0.39, 0.29) is 6.61 Å². The SMILES string of the molecule is OC(CNc1cccc(Br)c1)COc1ccccc1Cl. The molecule has 0 radical (unpaired) electrons. The Morgan fingerprint density at radius 1 is 1.20 bits per heavy atom. The van der Waals surface area contributed by atoms with Crippen molar-refractivity contribution in [3.63, 3.8) is 0 Å². The molecule has 2 rings (SSSR count). The minimum absolute atomic E-state index is 0.185. The molecular formula is C15H15BrClNO2. The maximum Gasteiger partial charge on any atom is 0.138 e. The van der Waals surface area contributed by atoms with E-state index >= 15 is 0 Å².